The van der Waals surface area contributed by atoms with Gasteiger partial charge in [-0.25, -0.2) is 0 Å². The van der Waals surface area contributed by atoms with Crippen molar-refractivity contribution in [3.8, 4) is 0 Å². The second-order valence-corrected chi connectivity index (χ2v) is 4.58. The van der Waals surface area contributed by atoms with Gasteiger partial charge in [-0.1, -0.05) is 65.9 Å². The Hall–Kier alpha value is -0.260. The van der Waals surface area contributed by atoms with E-state index in [1.165, 1.54) is 44.9 Å². The molecule has 0 aromatic rings. The van der Waals surface area contributed by atoms with Gasteiger partial charge in [0.25, 0.3) is 0 Å². The van der Waals surface area contributed by atoms with Crippen molar-refractivity contribution in [3.63, 3.8) is 0 Å². The third-order valence-corrected chi connectivity index (χ3v) is 1.76. The highest BCUT2D eigenvalue weighted by Crippen LogP contribution is 2.06. The summed E-state index contributed by atoms with van der Waals surface area (Å²) in [6, 6.07) is 0. The molecular weight excluding hydrogens is 168 g/mol. The molecule has 0 unspecified atom stereocenters. The Morgan fingerprint density at radius 1 is 0.929 bits per heavy atom. The van der Waals surface area contributed by atoms with Gasteiger partial charge in [0.15, 0.2) is 0 Å². The van der Waals surface area contributed by atoms with Gasteiger partial charge in [0.2, 0.25) is 0 Å². The fraction of sp³-hybridized carbons (Fsp3) is 0.857. The summed E-state index contributed by atoms with van der Waals surface area (Å²) in [5.74, 6) is 0.833. The fourth-order valence-corrected chi connectivity index (χ4v) is 1.07. The lowest BCUT2D eigenvalue weighted by molar-refractivity contribution is 0.611. The Morgan fingerprint density at radius 3 is 1.79 bits per heavy atom. The fourth-order valence-electron chi connectivity index (χ4n) is 1.07. The molecule has 86 valence electrons. The lowest BCUT2D eigenvalue weighted by Gasteiger charge is -1.96. The Morgan fingerprint density at radius 2 is 1.36 bits per heavy atom. The second kappa shape index (κ2) is 15.2. The molecule has 0 aliphatic carbocycles. The minimum atomic E-state index is 0.833. The first-order chi connectivity index (χ1) is 6.65. The summed E-state index contributed by atoms with van der Waals surface area (Å²) in [5, 5.41) is 0. The van der Waals surface area contributed by atoms with E-state index in [4.69, 9.17) is 0 Å². The molecular formula is C14H30. The molecule has 14 heavy (non-hydrogen) atoms. The van der Waals surface area contributed by atoms with Crippen LogP contribution in [-0.4, -0.2) is 0 Å². The van der Waals surface area contributed by atoms with Crippen LogP contribution >= 0.6 is 0 Å². The van der Waals surface area contributed by atoms with E-state index in [9.17, 15) is 0 Å². The van der Waals surface area contributed by atoms with Crippen molar-refractivity contribution in [2.75, 3.05) is 0 Å². The normalized spacial score (nSPS) is 9.50. The molecule has 0 aliphatic rings. The minimum absolute atomic E-state index is 0.833. The summed E-state index contributed by atoms with van der Waals surface area (Å²) in [6.45, 7) is 12.4. The molecule has 0 spiro atoms. The van der Waals surface area contributed by atoms with Crippen LogP contribution in [0.15, 0.2) is 12.7 Å². The highest BCUT2D eigenvalue weighted by molar-refractivity contribution is 4.65. The SMILES string of the molecule is C=CCCCCCCCC.CC(C)C. The standard InChI is InChI=1S/C10H20.C4H10/c1-3-5-7-9-10-8-6-4-2;1-4(2)3/h3H,1,4-10H2,2H3;4H,1-3H3. The van der Waals surface area contributed by atoms with E-state index >= 15 is 0 Å². The average Bonchev–Trinajstić information content (AvgIpc) is 2.10. The van der Waals surface area contributed by atoms with Crippen LogP contribution in [0, 0.1) is 5.92 Å². The molecule has 0 aromatic carbocycles. The smallest absolute Gasteiger partial charge is 0.0353 e. The molecule has 0 aromatic heterocycles. The average molecular weight is 198 g/mol. The van der Waals surface area contributed by atoms with E-state index in [1.54, 1.807) is 0 Å². The van der Waals surface area contributed by atoms with E-state index in [2.05, 4.69) is 34.3 Å². The van der Waals surface area contributed by atoms with Crippen molar-refractivity contribution in [2.24, 2.45) is 5.92 Å². The Labute approximate surface area is 91.8 Å². The summed E-state index contributed by atoms with van der Waals surface area (Å²) in [7, 11) is 0. The maximum absolute atomic E-state index is 3.69. The minimum Gasteiger partial charge on any atom is -0.103 e. The van der Waals surface area contributed by atoms with Gasteiger partial charge >= 0.3 is 0 Å². The van der Waals surface area contributed by atoms with E-state index < -0.39 is 0 Å². The number of rotatable bonds is 7. The summed E-state index contributed by atoms with van der Waals surface area (Å²) < 4.78 is 0. The molecule has 0 N–H and O–H groups in total. The van der Waals surface area contributed by atoms with E-state index in [0.29, 0.717) is 0 Å². The van der Waals surface area contributed by atoms with Crippen LogP contribution in [-0.2, 0) is 0 Å². The van der Waals surface area contributed by atoms with Crippen LogP contribution in [0.5, 0.6) is 0 Å². The molecule has 0 radical (unpaired) electrons. The zero-order valence-corrected chi connectivity index (χ0v) is 10.8. The van der Waals surface area contributed by atoms with Gasteiger partial charge in [0.05, 0.1) is 0 Å². The monoisotopic (exact) mass is 198 g/mol. The Kier molecular flexibility index (Phi) is 17.6. The lowest BCUT2D eigenvalue weighted by Crippen LogP contribution is -1.76. The molecule has 0 nitrogen and oxygen atoms in total. The topological polar surface area (TPSA) is 0 Å². The van der Waals surface area contributed by atoms with E-state index in [1.807, 2.05) is 6.08 Å². The quantitative estimate of drug-likeness (QED) is 0.370. The van der Waals surface area contributed by atoms with Crippen molar-refractivity contribution in [1.29, 1.82) is 0 Å². The maximum Gasteiger partial charge on any atom is -0.0353 e. The summed E-state index contributed by atoms with van der Waals surface area (Å²) in [6.07, 6.45) is 11.6. The summed E-state index contributed by atoms with van der Waals surface area (Å²) in [5.41, 5.74) is 0. The Balaban J connectivity index is 0. The van der Waals surface area contributed by atoms with Crippen LogP contribution < -0.4 is 0 Å². The zero-order valence-electron chi connectivity index (χ0n) is 10.8. The molecule has 0 saturated heterocycles. The highest BCUT2D eigenvalue weighted by atomic mass is 13.9. The van der Waals surface area contributed by atoms with Crippen molar-refractivity contribution in [1.82, 2.24) is 0 Å². The molecule has 0 heterocycles. The molecule has 0 rings (SSSR count). The highest BCUT2D eigenvalue weighted by Gasteiger charge is 1.86. The third-order valence-electron chi connectivity index (χ3n) is 1.76. The number of hydrogen-bond donors (Lipinski definition) is 0. The van der Waals surface area contributed by atoms with Crippen LogP contribution in [0.1, 0.15) is 72.6 Å². The largest absolute Gasteiger partial charge is 0.103 e. The number of unbranched alkanes of at least 4 members (excludes halogenated alkanes) is 6. The van der Waals surface area contributed by atoms with Crippen LogP contribution in [0.25, 0.3) is 0 Å². The predicted molar refractivity (Wildman–Crippen MR) is 68.7 cm³/mol. The van der Waals surface area contributed by atoms with Crippen molar-refractivity contribution < 1.29 is 0 Å². The number of hydrogen-bond acceptors (Lipinski definition) is 0. The first kappa shape index (κ1) is 16.2. The van der Waals surface area contributed by atoms with Gasteiger partial charge in [-0.15, -0.1) is 6.58 Å². The third kappa shape index (κ3) is 29.8. The first-order valence-electron chi connectivity index (χ1n) is 6.26. The van der Waals surface area contributed by atoms with Gasteiger partial charge in [-0.2, -0.15) is 0 Å². The van der Waals surface area contributed by atoms with Gasteiger partial charge in [-0.05, 0) is 18.8 Å². The van der Waals surface area contributed by atoms with Gasteiger partial charge < -0.3 is 0 Å². The van der Waals surface area contributed by atoms with Crippen molar-refractivity contribution in [2.45, 2.75) is 72.6 Å². The predicted octanol–water partition coefficient (Wildman–Crippen LogP) is 5.59. The van der Waals surface area contributed by atoms with Gasteiger partial charge in [-0.3, -0.25) is 0 Å². The lowest BCUT2D eigenvalue weighted by atomic mass is 10.1. The molecule has 0 fully saturated rings. The zero-order chi connectivity index (χ0) is 11.2. The Bertz CT molecular complexity index is 89.5. The molecule has 0 atom stereocenters. The van der Waals surface area contributed by atoms with Crippen LogP contribution in [0.4, 0.5) is 0 Å². The number of allylic oxidation sites excluding steroid dienone is 1. The molecule has 0 bridgehead atoms. The van der Waals surface area contributed by atoms with E-state index in [0.717, 1.165) is 5.92 Å². The molecule has 0 saturated carbocycles. The maximum atomic E-state index is 3.69. The van der Waals surface area contributed by atoms with Crippen molar-refractivity contribution in [3.05, 3.63) is 12.7 Å². The first-order valence-corrected chi connectivity index (χ1v) is 6.26. The van der Waals surface area contributed by atoms with Gasteiger partial charge in [0, 0.05) is 0 Å². The van der Waals surface area contributed by atoms with Crippen LogP contribution in [0.2, 0.25) is 0 Å². The van der Waals surface area contributed by atoms with E-state index in [-0.39, 0.29) is 0 Å². The van der Waals surface area contributed by atoms with Gasteiger partial charge in [0.1, 0.15) is 0 Å². The summed E-state index contributed by atoms with van der Waals surface area (Å²) >= 11 is 0. The molecule has 0 heteroatoms. The summed E-state index contributed by atoms with van der Waals surface area (Å²) in [4.78, 5) is 0. The molecule has 0 amide bonds. The second-order valence-electron chi connectivity index (χ2n) is 4.58. The molecule has 0 aliphatic heterocycles. The van der Waals surface area contributed by atoms with Crippen molar-refractivity contribution >= 4 is 0 Å². The van der Waals surface area contributed by atoms with Crippen LogP contribution in [0.3, 0.4) is 0 Å².